The predicted octanol–water partition coefficient (Wildman–Crippen LogP) is 3.19. The van der Waals surface area contributed by atoms with Crippen LogP contribution in [0.3, 0.4) is 0 Å². The standard InChI is InChI=1S/C20H27N3O2/c1-14-10-18(16(3)23(14)12-17-8-6-7-9-21-17)19(24)22-11-15(2)25-20(4,5)13-22/h6-10,15H,11-13H2,1-5H3. The Morgan fingerprint density at radius 3 is 2.76 bits per heavy atom. The van der Waals surface area contributed by atoms with Gasteiger partial charge in [-0.25, -0.2) is 0 Å². The molecule has 1 amide bonds. The van der Waals surface area contributed by atoms with Crippen molar-refractivity contribution in [3.8, 4) is 0 Å². The van der Waals surface area contributed by atoms with Gasteiger partial charge in [-0.05, 0) is 52.8 Å². The average Bonchev–Trinajstić information content (AvgIpc) is 2.81. The Labute approximate surface area is 149 Å². The molecular formula is C20H27N3O2. The van der Waals surface area contributed by atoms with Gasteiger partial charge in [-0.1, -0.05) is 6.07 Å². The van der Waals surface area contributed by atoms with Gasteiger partial charge in [-0.15, -0.1) is 0 Å². The average molecular weight is 341 g/mol. The predicted molar refractivity (Wildman–Crippen MR) is 97.8 cm³/mol. The normalized spacial score (nSPS) is 19.9. The summed E-state index contributed by atoms with van der Waals surface area (Å²) >= 11 is 0. The quantitative estimate of drug-likeness (QED) is 0.861. The molecule has 2 aromatic heterocycles. The van der Waals surface area contributed by atoms with Gasteiger partial charge in [-0.2, -0.15) is 0 Å². The van der Waals surface area contributed by atoms with Gasteiger partial charge < -0.3 is 14.2 Å². The number of nitrogens with zero attached hydrogens (tertiary/aromatic N) is 3. The maximum atomic E-state index is 13.1. The van der Waals surface area contributed by atoms with E-state index in [0.29, 0.717) is 19.6 Å². The summed E-state index contributed by atoms with van der Waals surface area (Å²) in [5.41, 5.74) is 3.52. The fourth-order valence-electron chi connectivity index (χ4n) is 3.69. The van der Waals surface area contributed by atoms with Crippen LogP contribution in [0.2, 0.25) is 0 Å². The van der Waals surface area contributed by atoms with Gasteiger partial charge in [-0.3, -0.25) is 9.78 Å². The molecule has 2 aromatic rings. The number of carbonyl (C=O) groups is 1. The number of aryl methyl sites for hydroxylation is 1. The molecule has 0 aliphatic carbocycles. The SMILES string of the molecule is Cc1cc(C(=O)N2CC(C)OC(C)(C)C2)c(C)n1Cc1ccccn1. The first-order valence-corrected chi connectivity index (χ1v) is 8.80. The van der Waals surface area contributed by atoms with E-state index in [1.807, 2.05) is 63.8 Å². The Balaban J connectivity index is 1.85. The smallest absolute Gasteiger partial charge is 0.255 e. The van der Waals surface area contributed by atoms with Crippen LogP contribution in [0.25, 0.3) is 0 Å². The summed E-state index contributed by atoms with van der Waals surface area (Å²) in [6, 6.07) is 7.90. The van der Waals surface area contributed by atoms with Crippen molar-refractivity contribution in [2.24, 2.45) is 0 Å². The van der Waals surface area contributed by atoms with E-state index in [9.17, 15) is 4.79 Å². The van der Waals surface area contributed by atoms with Crippen molar-refractivity contribution in [3.63, 3.8) is 0 Å². The number of aromatic nitrogens is 2. The molecular weight excluding hydrogens is 314 g/mol. The van der Waals surface area contributed by atoms with Gasteiger partial charge in [0, 0.05) is 30.7 Å². The molecule has 0 saturated carbocycles. The molecule has 1 aliphatic rings. The molecule has 25 heavy (non-hydrogen) atoms. The first kappa shape index (κ1) is 17.7. The number of ether oxygens (including phenoxy) is 1. The van der Waals surface area contributed by atoms with Crippen molar-refractivity contribution in [2.75, 3.05) is 13.1 Å². The van der Waals surface area contributed by atoms with Gasteiger partial charge >= 0.3 is 0 Å². The lowest BCUT2D eigenvalue weighted by atomic mass is 10.0. The molecule has 3 heterocycles. The highest BCUT2D eigenvalue weighted by atomic mass is 16.5. The lowest BCUT2D eigenvalue weighted by Gasteiger charge is -2.41. The van der Waals surface area contributed by atoms with E-state index in [0.717, 1.165) is 22.6 Å². The lowest BCUT2D eigenvalue weighted by Crippen LogP contribution is -2.53. The van der Waals surface area contributed by atoms with E-state index in [-0.39, 0.29) is 17.6 Å². The molecule has 1 saturated heterocycles. The molecule has 0 N–H and O–H groups in total. The fourth-order valence-corrected chi connectivity index (χ4v) is 3.69. The molecule has 5 nitrogen and oxygen atoms in total. The summed E-state index contributed by atoms with van der Waals surface area (Å²) in [4.78, 5) is 19.4. The fraction of sp³-hybridized carbons (Fsp3) is 0.500. The van der Waals surface area contributed by atoms with E-state index >= 15 is 0 Å². The van der Waals surface area contributed by atoms with Crippen molar-refractivity contribution in [2.45, 2.75) is 52.9 Å². The van der Waals surface area contributed by atoms with Crippen molar-refractivity contribution in [1.29, 1.82) is 0 Å². The number of hydrogen-bond donors (Lipinski definition) is 0. The maximum Gasteiger partial charge on any atom is 0.255 e. The number of amides is 1. The zero-order valence-electron chi connectivity index (χ0n) is 15.7. The third kappa shape index (κ3) is 3.76. The maximum absolute atomic E-state index is 13.1. The second-order valence-corrected chi connectivity index (χ2v) is 7.57. The number of carbonyl (C=O) groups excluding carboxylic acids is 1. The van der Waals surface area contributed by atoms with Crippen molar-refractivity contribution in [3.05, 3.63) is 53.1 Å². The Morgan fingerprint density at radius 1 is 1.36 bits per heavy atom. The molecule has 5 heteroatoms. The minimum atomic E-state index is -0.313. The number of pyridine rings is 1. The molecule has 0 aromatic carbocycles. The van der Waals surface area contributed by atoms with Crippen molar-refractivity contribution < 1.29 is 9.53 Å². The number of morpholine rings is 1. The molecule has 1 aliphatic heterocycles. The first-order chi connectivity index (χ1) is 11.8. The Hall–Kier alpha value is -2.14. The largest absolute Gasteiger partial charge is 0.369 e. The Kier molecular flexibility index (Phi) is 4.69. The minimum Gasteiger partial charge on any atom is -0.369 e. The monoisotopic (exact) mass is 341 g/mol. The van der Waals surface area contributed by atoms with Gasteiger partial charge in [0.2, 0.25) is 0 Å². The first-order valence-electron chi connectivity index (χ1n) is 8.80. The molecule has 0 spiro atoms. The Morgan fingerprint density at radius 2 is 2.12 bits per heavy atom. The molecule has 3 rings (SSSR count). The van der Waals surface area contributed by atoms with E-state index in [1.165, 1.54) is 0 Å². The van der Waals surface area contributed by atoms with E-state index in [1.54, 1.807) is 6.20 Å². The van der Waals surface area contributed by atoms with Crippen LogP contribution in [0.4, 0.5) is 0 Å². The molecule has 1 unspecified atom stereocenters. The van der Waals surface area contributed by atoms with E-state index in [4.69, 9.17) is 4.74 Å². The van der Waals surface area contributed by atoms with Crippen LogP contribution in [0.15, 0.2) is 30.5 Å². The third-order valence-corrected chi connectivity index (χ3v) is 4.71. The molecule has 1 atom stereocenters. The van der Waals surface area contributed by atoms with Crippen LogP contribution in [-0.4, -0.2) is 45.2 Å². The van der Waals surface area contributed by atoms with Crippen LogP contribution in [-0.2, 0) is 11.3 Å². The van der Waals surface area contributed by atoms with Gasteiger partial charge in [0.05, 0.1) is 29.5 Å². The minimum absolute atomic E-state index is 0.0460. The summed E-state index contributed by atoms with van der Waals surface area (Å²) in [5.74, 6) is 0.0867. The van der Waals surface area contributed by atoms with Crippen molar-refractivity contribution in [1.82, 2.24) is 14.5 Å². The second kappa shape index (κ2) is 6.64. The van der Waals surface area contributed by atoms with E-state index in [2.05, 4.69) is 9.55 Å². The zero-order chi connectivity index (χ0) is 18.2. The second-order valence-electron chi connectivity index (χ2n) is 7.57. The highest BCUT2D eigenvalue weighted by molar-refractivity contribution is 5.96. The molecule has 1 fully saturated rings. The van der Waals surface area contributed by atoms with Gasteiger partial charge in [0.15, 0.2) is 0 Å². The summed E-state index contributed by atoms with van der Waals surface area (Å²) in [5, 5.41) is 0. The number of rotatable bonds is 3. The highest BCUT2D eigenvalue weighted by Gasteiger charge is 2.35. The molecule has 0 radical (unpaired) electrons. The lowest BCUT2D eigenvalue weighted by molar-refractivity contribution is -0.118. The number of hydrogen-bond acceptors (Lipinski definition) is 3. The summed E-state index contributed by atoms with van der Waals surface area (Å²) in [6.45, 7) is 12.1. The van der Waals surface area contributed by atoms with Crippen LogP contribution in [0.1, 0.15) is 48.2 Å². The van der Waals surface area contributed by atoms with Crippen LogP contribution < -0.4 is 0 Å². The molecule has 134 valence electrons. The van der Waals surface area contributed by atoms with Crippen molar-refractivity contribution >= 4 is 5.91 Å². The van der Waals surface area contributed by atoms with Crippen LogP contribution >= 0.6 is 0 Å². The Bertz CT molecular complexity index is 765. The zero-order valence-corrected chi connectivity index (χ0v) is 15.7. The van der Waals surface area contributed by atoms with Gasteiger partial charge in [0.1, 0.15) is 0 Å². The molecule has 0 bridgehead atoms. The van der Waals surface area contributed by atoms with E-state index < -0.39 is 0 Å². The summed E-state index contributed by atoms with van der Waals surface area (Å²) in [6.07, 6.45) is 1.84. The summed E-state index contributed by atoms with van der Waals surface area (Å²) in [7, 11) is 0. The van der Waals surface area contributed by atoms with Gasteiger partial charge in [0.25, 0.3) is 5.91 Å². The highest BCUT2D eigenvalue weighted by Crippen LogP contribution is 2.24. The topological polar surface area (TPSA) is 47.4 Å². The third-order valence-electron chi connectivity index (χ3n) is 4.71. The summed E-state index contributed by atoms with van der Waals surface area (Å²) < 4.78 is 8.08. The van der Waals surface area contributed by atoms with Crippen LogP contribution in [0.5, 0.6) is 0 Å². The van der Waals surface area contributed by atoms with Crippen LogP contribution in [0, 0.1) is 13.8 Å².